The number of nitrogen functional groups attached to an aromatic ring is 1. The van der Waals surface area contributed by atoms with E-state index in [1.54, 1.807) is 48.5 Å². The summed E-state index contributed by atoms with van der Waals surface area (Å²) in [6.07, 6.45) is 0. The van der Waals surface area contributed by atoms with Crippen molar-refractivity contribution in [1.82, 2.24) is 9.55 Å². The van der Waals surface area contributed by atoms with Gasteiger partial charge in [0.25, 0.3) is 17.2 Å². The number of Topliss-reactive ketones (excluding diaryl/α,β-unsaturated/α-hetero) is 1. The van der Waals surface area contributed by atoms with E-state index in [0.717, 1.165) is 14.4 Å². The number of para-hydroxylation sites is 1. The minimum absolute atomic E-state index is 0.0464. The summed E-state index contributed by atoms with van der Waals surface area (Å²) in [7, 11) is 1.45. The standard InChI is InChI=1S/C24H23N5O6/c1-35-12-11-27-21(25)19(22(32)26-24(27)34)29(13-15-7-3-2-4-8-15)18(30)14-28-17-10-6-5-9-16(17)20(31)23(28)33/h2-10H,11-14,25H2,1H3,(H,26,32,34). The molecule has 2 heterocycles. The summed E-state index contributed by atoms with van der Waals surface area (Å²) >= 11 is 0. The van der Waals surface area contributed by atoms with E-state index in [4.69, 9.17) is 10.5 Å². The second kappa shape index (κ2) is 9.77. The number of nitrogens with two attached hydrogens (primary N) is 1. The van der Waals surface area contributed by atoms with Crippen LogP contribution in [0.5, 0.6) is 0 Å². The number of carbonyl (C=O) groups is 3. The van der Waals surface area contributed by atoms with Gasteiger partial charge in [-0.1, -0.05) is 42.5 Å². The molecule has 3 N–H and O–H groups in total. The van der Waals surface area contributed by atoms with Gasteiger partial charge in [-0.3, -0.25) is 38.5 Å². The number of methoxy groups -OCH3 is 1. The maximum Gasteiger partial charge on any atom is 0.330 e. The van der Waals surface area contributed by atoms with E-state index < -0.39 is 35.4 Å². The Morgan fingerprint density at radius 3 is 2.43 bits per heavy atom. The molecule has 3 aromatic rings. The molecule has 0 radical (unpaired) electrons. The molecule has 180 valence electrons. The van der Waals surface area contributed by atoms with Crippen LogP contribution in [0.4, 0.5) is 17.2 Å². The molecule has 11 heteroatoms. The average molecular weight is 477 g/mol. The number of benzene rings is 2. The molecule has 0 fully saturated rings. The predicted molar refractivity (Wildman–Crippen MR) is 128 cm³/mol. The van der Waals surface area contributed by atoms with Crippen LogP contribution in [0.2, 0.25) is 0 Å². The minimum atomic E-state index is -0.852. The van der Waals surface area contributed by atoms with Crippen LogP contribution in [0.25, 0.3) is 0 Å². The Morgan fingerprint density at radius 2 is 1.71 bits per heavy atom. The molecule has 0 saturated carbocycles. The zero-order valence-corrected chi connectivity index (χ0v) is 18.9. The second-order valence-electron chi connectivity index (χ2n) is 7.84. The largest absolute Gasteiger partial charge is 0.383 e. The normalized spacial score (nSPS) is 12.7. The number of fused-ring (bicyclic) bond motifs is 1. The fourth-order valence-electron chi connectivity index (χ4n) is 3.93. The van der Waals surface area contributed by atoms with Gasteiger partial charge in [-0.25, -0.2) is 4.79 Å². The number of nitrogens with zero attached hydrogens (tertiary/aromatic N) is 3. The van der Waals surface area contributed by atoms with Gasteiger partial charge in [-0.2, -0.15) is 0 Å². The fraction of sp³-hybridized carbons (Fsp3) is 0.208. The first-order valence-electron chi connectivity index (χ1n) is 10.7. The third-order valence-corrected chi connectivity index (χ3v) is 5.66. The monoisotopic (exact) mass is 477 g/mol. The van der Waals surface area contributed by atoms with E-state index >= 15 is 0 Å². The van der Waals surface area contributed by atoms with Crippen molar-refractivity contribution >= 4 is 34.8 Å². The van der Waals surface area contributed by atoms with E-state index in [1.807, 2.05) is 0 Å². The number of aromatic amines is 1. The highest BCUT2D eigenvalue weighted by atomic mass is 16.5. The molecule has 1 aliphatic rings. The van der Waals surface area contributed by atoms with Crippen LogP contribution >= 0.6 is 0 Å². The Labute approximate surface area is 199 Å². The lowest BCUT2D eigenvalue weighted by Crippen LogP contribution is -2.46. The van der Waals surface area contributed by atoms with Gasteiger partial charge < -0.3 is 10.5 Å². The number of amides is 2. The van der Waals surface area contributed by atoms with Gasteiger partial charge in [0.2, 0.25) is 5.91 Å². The smallest absolute Gasteiger partial charge is 0.330 e. The van der Waals surface area contributed by atoms with Gasteiger partial charge in [-0.05, 0) is 17.7 Å². The fourth-order valence-corrected chi connectivity index (χ4v) is 3.93. The lowest BCUT2D eigenvalue weighted by atomic mass is 10.1. The van der Waals surface area contributed by atoms with Crippen molar-refractivity contribution in [3.63, 3.8) is 0 Å². The molecule has 35 heavy (non-hydrogen) atoms. The minimum Gasteiger partial charge on any atom is -0.383 e. The zero-order valence-electron chi connectivity index (χ0n) is 18.9. The summed E-state index contributed by atoms with van der Waals surface area (Å²) in [6.45, 7) is -0.383. The number of hydrogen-bond acceptors (Lipinski definition) is 7. The highest BCUT2D eigenvalue weighted by molar-refractivity contribution is 6.52. The van der Waals surface area contributed by atoms with Crippen LogP contribution in [-0.2, 0) is 27.4 Å². The number of anilines is 3. The molecule has 0 atom stereocenters. The van der Waals surface area contributed by atoms with Crippen LogP contribution in [0.15, 0.2) is 64.2 Å². The number of aromatic nitrogens is 2. The van der Waals surface area contributed by atoms with Crippen molar-refractivity contribution in [2.45, 2.75) is 13.1 Å². The van der Waals surface area contributed by atoms with Gasteiger partial charge in [0.1, 0.15) is 12.4 Å². The molecular formula is C24H23N5O6. The summed E-state index contributed by atoms with van der Waals surface area (Å²) in [5.74, 6) is -2.44. The van der Waals surface area contributed by atoms with Crippen molar-refractivity contribution in [1.29, 1.82) is 0 Å². The molecule has 0 aliphatic carbocycles. The molecule has 0 unspecified atom stereocenters. The van der Waals surface area contributed by atoms with Gasteiger partial charge in [-0.15, -0.1) is 0 Å². The van der Waals surface area contributed by atoms with Crippen LogP contribution in [0.1, 0.15) is 15.9 Å². The van der Waals surface area contributed by atoms with Crippen LogP contribution in [0.3, 0.4) is 0 Å². The topological polar surface area (TPSA) is 148 Å². The second-order valence-corrected chi connectivity index (χ2v) is 7.84. The summed E-state index contributed by atoms with van der Waals surface area (Å²) < 4.78 is 6.11. The van der Waals surface area contributed by atoms with E-state index in [0.29, 0.717) is 11.3 Å². The molecule has 4 rings (SSSR count). The molecule has 2 amide bonds. The first-order valence-corrected chi connectivity index (χ1v) is 10.7. The summed E-state index contributed by atoms with van der Waals surface area (Å²) in [5.41, 5.74) is 5.57. The van der Waals surface area contributed by atoms with E-state index in [9.17, 15) is 24.0 Å². The number of ether oxygens (including phenoxy) is 1. The van der Waals surface area contributed by atoms with Crippen molar-refractivity contribution in [3.05, 3.63) is 86.6 Å². The van der Waals surface area contributed by atoms with E-state index in [-0.39, 0.29) is 36.8 Å². The zero-order chi connectivity index (χ0) is 25.1. The maximum absolute atomic E-state index is 13.6. The molecule has 1 aromatic heterocycles. The first-order chi connectivity index (χ1) is 16.8. The lowest BCUT2D eigenvalue weighted by molar-refractivity contribution is -0.120. The predicted octanol–water partition coefficient (Wildman–Crippen LogP) is 0.528. The number of ketones is 1. The Balaban J connectivity index is 1.77. The summed E-state index contributed by atoms with van der Waals surface area (Å²) in [5, 5.41) is 0. The van der Waals surface area contributed by atoms with Gasteiger partial charge in [0, 0.05) is 7.11 Å². The average Bonchev–Trinajstić information content (AvgIpc) is 3.08. The third-order valence-electron chi connectivity index (χ3n) is 5.66. The van der Waals surface area contributed by atoms with Gasteiger partial charge in [0.05, 0.1) is 30.9 Å². The Morgan fingerprint density at radius 1 is 1.03 bits per heavy atom. The van der Waals surface area contributed by atoms with Gasteiger partial charge >= 0.3 is 5.69 Å². The van der Waals surface area contributed by atoms with Crippen molar-refractivity contribution < 1.29 is 19.1 Å². The van der Waals surface area contributed by atoms with E-state index in [1.165, 1.54) is 13.2 Å². The maximum atomic E-state index is 13.6. The number of H-pyrrole nitrogens is 1. The van der Waals surface area contributed by atoms with Gasteiger partial charge in [0.15, 0.2) is 5.69 Å². The Hall–Kier alpha value is -4.51. The first kappa shape index (κ1) is 23.6. The number of nitrogens with one attached hydrogen (secondary N) is 1. The van der Waals surface area contributed by atoms with Crippen LogP contribution in [0, 0.1) is 0 Å². The van der Waals surface area contributed by atoms with Crippen molar-refractivity contribution in [2.75, 3.05) is 35.8 Å². The summed E-state index contributed by atoms with van der Waals surface area (Å²) in [4.78, 5) is 68.2. The Kier molecular flexibility index (Phi) is 6.60. The van der Waals surface area contributed by atoms with Crippen molar-refractivity contribution in [2.24, 2.45) is 0 Å². The Bertz CT molecular complexity index is 1410. The molecule has 11 nitrogen and oxygen atoms in total. The van der Waals surface area contributed by atoms with Crippen molar-refractivity contribution in [3.8, 4) is 0 Å². The number of carbonyl (C=O) groups excluding carboxylic acids is 3. The highest BCUT2D eigenvalue weighted by Gasteiger charge is 2.38. The molecule has 0 bridgehead atoms. The quantitative estimate of drug-likeness (QED) is 0.450. The SMILES string of the molecule is COCCn1c(N)c(N(Cc2ccccc2)C(=O)CN2C(=O)C(=O)c3ccccc32)c(=O)[nH]c1=O. The van der Waals surface area contributed by atoms with Crippen LogP contribution in [-0.4, -0.2) is 47.4 Å². The summed E-state index contributed by atoms with van der Waals surface area (Å²) in [6, 6.07) is 15.2. The number of hydrogen-bond donors (Lipinski definition) is 2. The molecule has 1 aliphatic heterocycles. The lowest BCUT2D eigenvalue weighted by Gasteiger charge is -2.27. The third kappa shape index (κ3) is 4.49. The molecule has 0 saturated heterocycles. The highest BCUT2D eigenvalue weighted by Crippen LogP contribution is 2.29. The molecular weight excluding hydrogens is 454 g/mol. The number of rotatable bonds is 8. The van der Waals surface area contributed by atoms with Crippen LogP contribution < -0.4 is 26.8 Å². The molecule has 2 aromatic carbocycles. The van der Waals surface area contributed by atoms with E-state index in [2.05, 4.69) is 4.98 Å². The molecule has 0 spiro atoms.